The molecule has 10 aromatic rings. The monoisotopic (exact) mass is 1450 g/mol. The van der Waals surface area contributed by atoms with E-state index in [1.54, 1.807) is 91.0 Å². The number of rotatable bonds is 34. The van der Waals surface area contributed by atoms with E-state index in [-0.39, 0.29) is 69.5 Å². The normalized spacial score (nSPS) is 24.2. The van der Waals surface area contributed by atoms with E-state index in [0.29, 0.717) is 0 Å². The van der Waals surface area contributed by atoms with E-state index in [9.17, 15) is 14.7 Å². The lowest BCUT2D eigenvalue weighted by Gasteiger charge is -2.48. The quantitative estimate of drug-likeness (QED) is 0.0293. The average Bonchev–Trinajstić information content (AvgIpc) is 0.781. The molecule has 10 aromatic carbocycles. The molecule has 3 fully saturated rings. The standard InChI is InChI=1S/C88H86O19/c89-83(68-45-25-8-26-46-68)105-76-73(60-100-87-81(99-57-67-43-23-7-24-44-67)78(97-55-65-39-19-5-20-40-65)74(94-52-62-33-13-2-14-34-62)71(103-87)58-93-51-61-31-11-1-12-32-61)104-88(82(107-85(91)70-49-29-10-30-50-70)79(76)106-84(90)69-47-27-9-28-48-69)101-59-72-75(95-53-63-35-15-3-16-36-63)77(96-54-64-37-17-4-18-38-64)80(86(92)102-72)98-56-66-41-21-6-22-42-66/h1-50,71-82,86-88,92H,51-60H2/t71-,72-,73-,74-,75-,76-,77+,78+,79+,80-,81-,82-,86+,87?,88-/m1/s1. The number of carbonyl (C=O) groups is 3. The van der Waals surface area contributed by atoms with Crippen LogP contribution in [-0.2, 0) is 117 Å². The van der Waals surface area contributed by atoms with Gasteiger partial charge >= 0.3 is 17.9 Å². The second kappa shape index (κ2) is 39.1. The number of ether oxygens (including phenoxy) is 15. The van der Waals surface area contributed by atoms with Gasteiger partial charge in [-0.2, -0.15) is 0 Å². The van der Waals surface area contributed by atoms with E-state index in [4.69, 9.17) is 71.1 Å². The van der Waals surface area contributed by atoms with Gasteiger partial charge in [-0.15, -0.1) is 0 Å². The maximum absolute atomic E-state index is 15.0. The van der Waals surface area contributed by atoms with E-state index in [1.807, 2.05) is 212 Å². The topological polar surface area (TPSA) is 210 Å². The number of esters is 3. The second-order valence-electron chi connectivity index (χ2n) is 26.1. The zero-order valence-electron chi connectivity index (χ0n) is 58.9. The van der Waals surface area contributed by atoms with Crippen LogP contribution in [0.15, 0.2) is 303 Å². The number of aliphatic hydroxyl groups excluding tert-OH is 1. The van der Waals surface area contributed by atoms with Gasteiger partial charge in [-0.1, -0.05) is 267 Å². The molecule has 13 rings (SSSR count). The highest BCUT2D eigenvalue weighted by Crippen LogP contribution is 2.37. The van der Waals surface area contributed by atoms with Crippen molar-refractivity contribution in [2.24, 2.45) is 0 Å². The number of hydrogen-bond donors (Lipinski definition) is 1. The Kier molecular flexibility index (Phi) is 27.5. The first-order valence-electron chi connectivity index (χ1n) is 35.9. The molecule has 3 aliphatic rings. The first-order valence-corrected chi connectivity index (χ1v) is 35.9. The lowest BCUT2D eigenvalue weighted by molar-refractivity contribution is -0.351. The van der Waals surface area contributed by atoms with E-state index < -0.39 is 123 Å². The Hall–Kier alpha value is -9.91. The van der Waals surface area contributed by atoms with Crippen LogP contribution in [0.5, 0.6) is 0 Å². The van der Waals surface area contributed by atoms with Crippen molar-refractivity contribution < 1.29 is 90.5 Å². The lowest BCUT2D eigenvalue weighted by Crippen LogP contribution is -2.65. The van der Waals surface area contributed by atoms with Crippen LogP contribution in [0.4, 0.5) is 0 Å². The molecule has 19 nitrogen and oxygen atoms in total. The molecule has 107 heavy (non-hydrogen) atoms. The molecule has 0 aromatic heterocycles. The highest BCUT2D eigenvalue weighted by Gasteiger charge is 2.56. The summed E-state index contributed by atoms with van der Waals surface area (Å²) in [6.07, 6.45) is -19.7. The minimum atomic E-state index is -1.76. The highest BCUT2D eigenvalue weighted by molar-refractivity contribution is 5.91. The third-order valence-electron chi connectivity index (χ3n) is 18.5. The van der Waals surface area contributed by atoms with Gasteiger partial charge in [0.25, 0.3) is 0 Å². The number of aliphatic hydroxyl groups is 1. The van der Waals surface area contributed by atoms with Crippen LogP contribution in [0.2, 0.25) is 0 Å². The van der Waals surface area contributed by atoms with Crippen LogP contribution in [0.3, 0.4) is 0 Å². The van der Waals surface area contributed by atoms with Gasteiger partial charge in [-0.3, -0.25) is 0 Å². The fraction of sp³-hybridized carbons (Fsp3) is 0.284. The Labute approximate surface area is 622 Å². The summed E-state index contributed by atoms with van der Waals surface area (Å²) in [5.41, 5.74) is 6.36. The van der Waals surface area contributed by atoms with E-state index in [2.05, 4.69) is 0 Å². The number of carbonyl (C=O) groups excluding carboxylic acids is 3. The smallest absolute Gasteiger partial charge is 0.338 e. The van der Waals surface area contributed by atoms with Crippen LogP contribution < -0.4 is 0 Å². The minimum Gasteiger partial charge on any atom is -0.452 e. The zero-order chi connectivity index (χ0) is 73.2. The fourth-order valence-electron chi connectivity index (χ4n) is 13.0. The van der Waals surface area contributed by atoms with Crippen LogP contribution in [0, 0.1) is 0 Å². The maximum atomic E-state index is 15.0. The number of benzene rings is 10. The molecule has 3 saturated heterocycles. The van der Waals surface area contributed by atoms with Gasteiger partial charge in [-0.25, -0.2) is 14.4 Å². The van der Waals surface area contributed by atoms with Crippen molar-refractivity contribution in [2.45, 2.75) is 138 Å². The molecular formula is C88H86O19. The van der Waals surface area contributed by atoms with Crippen molar-refractivity contribution in [1.29, 1.82) is 0 Å². The Morgan fingerprint density at radius 2 is 0.495 bits per heavy atom. The molecule has 0 aliphatic carbocycles. The highest BCUT2D eigenvalue weighted by atomic mass is 16.8. The molecule has 552 valence electrons. The van der Waals surface area contributed by atoms with Gasteiger partial charge in [0.1, 0.15) is 54.9 Å². The molecule has 0 saturated carbocycles. The van der Waals surface area contributed by atoms with Gasteiger partial charge < -0.3 is 76.2 Å². The van der Waals surface area contributed by atoms with Gasteiger partial charge in [0.05, 0.1) is 82.8 Å². The maximum Gasteiger partial charge on any atom is 0.338 e. The van der Waals surface area contributed by atoms with E-state index in [0.717, 1.165) is 38.9 Å². The molecule has 3 aliphatic heterocycles. The molecule has 0 bridgehead atoms. The van der Waals surface area contributed by atoms with Crippen molar-refractivity contribution >= 4 is 17.9 Å². The Morgan fingerprint density at radius 3 is 0.850 bits per heavy atom. The lowest BCUT2D eigenvalue weighted by atomic mass is 9.96. The molecule has 3 heterocycles. The molecule has 1 unspecified atom stereocenters. The molecule has 0 radical (unpaired) electrons. The summed E-state index contributed by atoms with van der Waals surface area (Å²) in [4.78, 5) is 44.9. The summed E-state index contributed by atoms with van der Waals surface area (Å²) in [6, 6.07) is 92.1. The third kappa shape index (κ3) is 21.2. The summed E-state index contributed by atoms with van der Waals surface area (Å²) < 4.78 is 103. The first kappa shape index (κ1) is 75.3. The van der Waals surface area contributed by atoms with Crippen molar-refractivity contribution in [3.63, 3.8) is 0 Å². The zero-order valence-corrected chi connectivity index (χ0v) is 58.9. The van der Waals surface area contributed by atoms with Crippen molar-refractivity contribution in [3.05, 3.63) is 359 Å². The molecule has 15 atom stereocenters. The Morgan fingerprint density at radius 1 is 0.243 bits per heavy atom. The fourth-order valence-corrected chi connectivity index (χ4v) is 13.0. The first-order chi connectivity index (χ1) is 52.7. The van der Waals surface area contributed by atoms with Crippen molar-refractivity contribution in [2.75, 3.05) is 19.8 Å². The molecule has 1 N–H and O–H groups in total. The van der Waals surface area contributed by atoms with E-state index in [1.165, 1.54) is 0 Å². The average molecular weight is 1450 g/mol. The van der Waals surface area contributed by atoms with E-state index >= 15 is 4.79 Å². The Balaban J connectivity index is 0.898. The third-order valence-corrected chi connectivity index (χ3v) is 18.5. The molecule has 0 spiro atoms. The van der Waals surface area contributed by atoms with Crippen molar-refractivity contribution in [3.8, 4) is 0 Å². The summed E-state index contributed by atoms with van der Waals surface area (Å²) in [5.74, 6) is -2.61. The van der Waals surface area contributed by atoms with Crippen LogP contribution >= 0.6 is 0 Å². The van der Waals surface area contributed by atoms with Gasteiger partial charge in [0, 0.05) is 0 Å². The van der Waals surface area contributed by atoms with Gasteiger partial charge in [-0.05, 0) is 75.3 Å². The van der Waals surface area contributed by atoms with Crippen LogP contribution in [-0.4, -0.2) is 135 Å². The second-order valence-corrected chi connectivity index (χ2v) is 26.1. The predicted octanol–water partition coefficient (Wildman–Crippen LogP) is 13.6. The van der Waals surface area contributed by atoms with Crippen LogP contribution in [0.1, 0.15) is 70.0 Å². The minimum absolute atomic E-state index is 0.0179. The van der Waals surface area contributed by atoms with Gasteiger partial charge in [0.15, 0.2) is 37.2 Å². The molecule has 0 amide bonds. The van der Waals surface area contributed by atoms with Crippen molar-refractivity contribution in [1.82, 2.24) is 0 Å². The molecular weight excluding hydrogens is 1360 g/mol. The molecule has 19 heteroatoms. The summed E-state index contributed by atoms with van der Waals surface area (Å²) in [7, 11) is 0. The Bertz CT molecular complexity index is 4240. The summed E-state index contributed by atoms with van der Waals surface area (Å²) >= 11 is 0. The SMILES string of the molecule is O=C(O[C@@H]1[C@@H](OC(=O)c2ccccc2)[C@H](OC[C@H]2O[C@H](O)[C@H](OCc3ccccc3)[C@@H](OCc3ccccc3)[C@@H]2OCc2ccccc2)O[C@H](COC2O[C@H](COCc3ccccc3)[C@@H](OCc3ccccc3)[C@H](OCc3ccccc3)[C@H]2OCc2ccccc2)[C@H]1OC(=O)c1ccccc1)c1ccccc1. The predicted molar refractivity (Wildman–Crippen MR) is 393 cm³/mol. The number of hydrogen-bond acceptors (Lipinski definition) is 19. The summed E-state index contributed by atoms with van der Waals surface area (Å²) in [6.45, 7) is -0.253. The van der Waals surface area contributed by atoms with Crippen LogP contribution in [0.25, 0.3) is 0 Å². The summed E-state index contributed by atoms with van der Waals surface area (Å²) in [5, 5.41) is 12.4. The van der Waals surface area contributed by atoms with Gasteiger partial charge in [0.2, 0.25) is 0 Å². The largest absolute Gasteiger partial charge is 0.452 e.